The molecule has 1 aromatic carbocycles. The summed E-state index contributed by atoms with van der Waals surface area (Å²) in [6.45, 7) is 3.15. The number of nitrogens with one attached hydrogen (secondary N) is 2. The molecule has 0 amide bonds. The van der Waals surface area contributed by atoms with Gasteiger partial charge in [0.2, 0.25) is 0 Å². The number of benzene rings is 1. The number of aryl methyl sites for hydroxylation is 2. The summed E-state index contributed by atoms with van der Waals surface area (Å²) in [4.78, 5) is 0. The molecule has 0 aliphatic rings. The molecule has 2 rings (SSSR count). The van der Waals surface area contributed by atoms with Crippen molar-refractivity contribution in [2.24, 2.45) is 0 Å². The van der Waals surface area contributed by atoms with Gasteiger partial charge in [0.15, 0.2) is 0 Å². The van der Waals surface area contributed by atoms with Crippen LogP contribution in [0.1, 0.15) is 17.7 Å². The number of aromatic nitrogens is 2. The van der Waals surface area contributed by atoms with Crippen molar-refractivity contribution in [2.75, 3.05) is 13.6 Å². The average Bonchev–Trinajstić information content (AvgIpc) is 2.78. The molecule has 0 bridgehead atoms. The van der Waals surface area contributed by atoms with E-state index in [2.05, 4.69) is 46.7 Å². The molecule has 3 nitrogen and oxygen atoms in total. The maximum Gasteiger partial charge on any atom is 0.0568 e. The van der Waals surface area contributed by atoms with Crippen molar-refractivity contribution in [2.45, 2.75) is 19.8 Å². The maximum atomic E-state index is 4.16. The van der Waals surface area contributed by atoms with E-state index in [1.807, 2.05) is 13.2 Å². The van der Waals surface area contributed by atoms with Crippen LogP contribution in [0.15, 0.2) is 30.5 Å². The second-order valence-electron chi connectivity index (χ2n) is 4.34. The highest BCUT2D eigenvalue weighted by Crippen LogP contribution is 2.23. The third-order valence-corrected chi connectivity index (χ3v) is 2.90. The van der Waals surface area contributed by atoms with E-state index in [4.69, 9.17) is 0 Å². The molecule has 1 heterocycles. The highest BCUT2D eigenvalue weighted by atomic mass is 15.1. The molecule has 0 unspecified atom stereocenters. The third-order valence-electron chi connectivity index (χ3n) is 2.90. The first kappa shape index (κ1) is 11.9. The Morgan fingerprint density at radius 2 is 2.24 bits per heavy atom. The zero-order valence-electron chi connectivity index (χ0n) is 10.5. The van der Waals surface area contributed by atoms with Crippen molar-refractivity contribution in [1.82, 2.24) is 15.5 Å². The van der Waals surface area contributed by atoms with Gasteiger partial charge in [-0.25, -0.2) is 0 Å². The monoisotopic (exact) mass is 229 g/mol. The van der Waals surface area contributed by atoms with Gasteiger partial charge in [-0.1, -0.05) is 29.8 Å². The molecule has 17 heavy (non-hydrogen) atoms. The molecule has 0 atom stereocenters. The van der Waals surface area contributed by atoms with Crippen LogP contribution in [0.2, 0.25) is 0 Å². The number of H-pyrrole nitrogens is 1. The van der Waals surface area contributed by atoms with E-state index >= 15 is 0 Å². The number of nitrogens with zero attached hydrogens (tertiary/aromatic N) is 1. The minimum absolute atomic E-state index is 1.03. The topological polar surface area (TPSA) is 40.7 Å². The Balaban J connectivity index is 2.18. The summed E-state index contributed by atoms with van der Waals surface area (Å²) in [5.74, 6) is 0. The molecule has 1 aromatic heterocycles. The van der Waals surface area contributed by atoms with E-state index in [9.17, 15) is 0 Å². The predicted molar refractivity (Wildman–Crippen MR) is 71.0 cm³/mol. The molecule has 90 valence electrons. The molecule has 0 saturated carbocycles. The maximum absolute atomic E-state index is 4.16. The van der Waals surface area contributed by atoms with E-state index < -0.39 is 0 Å². The summed E-state index contributed by atoms with van der Waals surface area (Å²) in [6.07, 6.45) is 4.07. The Morgan fingerprint density at radius 1 is 1.35 bits per heavy atom. The fourth-order valence-electron chi connectivity index (χ4n) is 2.01. The van der Waals surface area contributed by atoms with Gasteiger partial charge < -0.3 is 5.32 Å². The molecule has 0 saturated heterocycles. The van der Waals surface area contributed by atoms with Crippen LogP contribution < -0.4 is 5.32 Å². The molecule has 2 N–H and O–H groups in total. The van der Waals surface area contributed by atoms with Crippen molar-refractivity contribution in [1.29, 1.82) is 0 Å². The van der Waals surface area contributed by atoms with Crippen molar-refractivity contribution >= 4 is 0 Å². The normalized spacial score (nSPS) is 10.7. The number of rotatable bonds is 5. The van der Waals surface area contributed by atoms with Crippen LogP contribution in [0.4, 0.5) is 0 Å². The molecular weight excluding hydrogens is 210 g/mol. The molecule has 0 fully saturated rings. The Hall–Kier alpha value is -1.61. The lowest BCUT2D eigenvalue weighted by atomic mass is 10.0. The largest absolute Gasteiger partial charge is 0.320 e. The van der Waals surface area contributed by atoms with Crippen molar-refractivity contribution < 1.29 is 0 Å². The van der Waals surface area contributed by atoms with Crippen molar-refractivity contribution in [3.63, 3.8) is 0 Å². The van der Waals surface area contributed by atoms with Crippen LogP contribution >= 0.6 is 0 Å². The van der Waals surface area contributed by atoms with Crippen LogP contribution in [-0.4, -0.2) is 23.8 Å². The van der Waals surface area contributed by atoms with E-state index in [0.717, 1.165) is 19.4 Å². The average molecular weight is 229 g/mol. The van der Waals surface area contributed by atoms with Gasteiger partial charge in [0.25, 0.3) is 0 Å². The third kappa shape index (κ3) is 2.94. The van der Waals surface area contributed by atoms with Crippen LogP contribution in [0, 0.1) is 6.92 Å². The Morgan fingerprint density at radius 3 is 3.00 bits per heavy atom. The number of hydrogen-bond donors (Lipinski definition) is 2. The van der Waals surface area contributed by atoms with Gasteiger partial charge in [-0.2, -0.15) is 5.10 Å². The Labute approximate surface area is 102 Å². The molecule has 2 aromatic rings. The molecule has 0 radical (unpaired) electrons. The summed E-state index contributed by atoms with van der Waals surface area (Å²) in [5, 5.41) is 10.4. The number of aromatic amines is 1. The van der Waals surface area contributed by atoms with Crippen LogP contribution in [-0.2, 0) is 6.42 Å². The Bertz CT molecular complexity index is 474. The molecular formula is C14H19N3. The molecule has 0 aliphatic heterocycles. The second-order valence-corrected chi connectivity index (χ2v) is 4.34. The lowest BCUT2D eigenvalue weighted by Gasteiger charge is -2.04. The standard InChI is InChI=1S/C14H19N3/c1-11-5-3-6-12(9-11)13-10-16-17-14(13)7-4-8-15-2/h3,5-6,9-10,15H,4,7-8H2,1-2H3,(H,16,17). The van der Waals surface area contributed by atoms with Crippen molar-refractivity contribution in [3.8, 4) is 11.1 Å². The highest BCUT2D eigenvalue weighted by molar-refractivity contribution is 5.65. The summed E-state index contributed by atoms with van der Waals surface area (Å²) in [7, 11) is 1.98. The SMILES string of the molecule is CNCCCc1[nH]ncc1-c1cccc(C)c1. The van der Waals surface area contributed by atoms with Gasteiger partial charge >= 0.3 is 0 Å². The summed E-state index contributed by atoms with van der Waals surface area (Å²) in [6, 6.07) is 8.55. The lowest BCUT2D eigenvalue weighted by molar-refractivity contribution is 0.714. The summed E-state index contributed by atoms with van der Waals surface area (Å²) >= 11 is 0. The summed E-state index contributed by atoms with van der Waals surface area (Å²) < 4.78 is 0. The van der Waals surface area contributed by atoms with Gasteiger partial charge in [0.1, 0.15) is 0 Å². The first-order chi connectivity index (χ1) is 8.31. The quantitative estimate of drug-likeness (QED) is 0.773. The second kappa shape index (κ2) is 5.64. The van der Waals surface area contributed by atoms with Gasteiger partial charge in [-0.15, -0.1) is 0 Å². The molecule has 3 heteroatoms. The Kier molecular flexibility index (Phi) is 3.94. The van der Waals surface area contributed by atoms with Gasteiger partial charge in [0.05, 0.1) is 6.20 Å². The summed E-state index contributed by atoms with van der Waals surface area (Å²) in [5.41, 5.74) is 4.98. The van der Waals surface area contributed by atoms with Gasteiger partial charge in [-0.3, -0.25) is 5.10 Å². The van der Waals surface area contributed by atoms with Crippen LogP contribution in [0.3, 0.4) is 0 Å². The first-order valence-electron chi connectivity index (χ1n) is 6.05. The van der Waals surface area contributed by atoms with Crippen LogP contribution in [0.5, 0.6) is 0 Å². The minimum Gasteiger partial charge on any atom is -0.320 e. The van der Waals surface area contributed by atoms with Gasteiger partial charge in [-0.05, 0) is 38.9 Å². The van der Waals surface area contributed by atoms with E-state index in [1.165, 1.54) is 22.4 Å². The van der Waals surface area contributed by atoms with Crippen molar-refractivity contribution in [3.05, 3.63) is 41.7 Å². The first-order valence-corrected chi connectivity index (χ1v) is 6.05. The molecule has 0 aliphatic carbocycles. The van der Waals surface area contributed by atoms with E-state index in [-0.39, 0.29) is 0 Å². The number of hydrogen-bond acceptors (Lipinski definition) is 2. The smallest absolute Gasteiger partial charge is 0.0568 e. The molecule has 0 spiro atoms. The predicted octanol–water partition coefficient (Wildman–Crippen LogP) is 2.54. The highest BCUT2D eigenvalue weighted by Gasteiger charge is 2.07. The zero-order chi connectivity index (χ0) is 12.1. The van der Waals surface area contributed by atoms with E-state index in [1.54, 1.807) is 0 Å². The van der Waals surface area contributed by atoms with E-state index in [0.29, 0.717) is 0 Å². The minimum atomic E-state index is 1.03. The fourth-order valence-corrected chi connectivity index (χ4v) is 2.01. The zero-order valence-corrected chi connectivity index (χ0v) is 10.5. The van der Waals surface area contributed by atoms with Crippen LogP contribution in [0.25, 0.3) is 11.1 Å². The fraction of sp³-hybridized carbons (Fsp3) is 0.357. The van der Waals surface area contributed by atoms with Gasteiger partial charge in [0, 0.05) is 11.3 Å². The lowest BCUT2D eigenvalue weighted by Crippen LogP contribution is -2.08.